The fourth-order valence-electron chi connectivity index (χ4n) is 5.06. The summed E-state index contributed by atoms with van der Waals surface area (Å²) in [5.74, 6) is 1.27. The number of nitrogens with one attached hydrogen (secondary N) is 1. The second kappa shape index (κ2) is 10.0. The van der Waals surface area contributed by atoms with Crippen LogP contribution < -0.4 is 14.8 Å². The van der Waals surface area contributed by atoms with Gasteiger partial charge in [-0.1, -0.05) is 12.1 Å². The molecule has 5 rings (SSSR count). The van der Waals surface area contributed by atoms with Crippen LogP contribution in [0.25, 0.3) is 0 Å². The number of amides is 1. The maximum Gasteiger partial charge on any atom is 0.293 e. The molecule has 2 aromatic rings. The Balaban J connectivity index is 1.30. The summed E-state index contributed by atoms with van der Waals surface area (Å²) >= 11 is 0. The SMILES string of the molecule is CN1CCN(Cc2ccc(C(=O)NC3c4cc5c(cc4CCC3COC=O)OCO5)cc2)CC1. The van der Waals surface area contributed by atoms with E-state index in [2.05, 4.69) is 22.2 Å². The minimum absolute atomic E-state index is 0.0153. The number of piperazine rings is 1. The van der Waals surface area contributed by atoms with E-state index in [1.165, 1.54) is 5.56 Å². The lowest BCUT2D eigenvalue weighted by atomic mass is 9.79. The maximum atomic E-state index is 13.2. The molecule has 0 radical (unpaired) electrons. The third kappa shape index (κ3) is 4.88. The van der Waals surface area contributed by atoms with Gasteiger partial charge in [0.15, 0.2) is 11.5 Å². The highest BCUT2D eigenvalue weighted by atomic mass is 16.7. The standard InChI is InChI=1S/C26H31N3O5/c1-28-8-10-29(11-9-28)14-18-2-4-19(5-3-18)26(31)27-25-21(15-32-16-30)7-6-20-12-23-24(13-22(20)25)34-17-33-23/h2-5,12-13,16,21,25H,6-11,14-15,17H2,1H3,(H,27,31). The van der Waals surface area contributed by atoms with E-state index >= 15 is 0 Å². The number of likely N-dealkylation sites (N-methyl/N-ethyl adjacent to an activating group) is 1. The molecule has 2 aliphatic heterocycles. The van der Waals surface area contributed by atoms with Crippen LogP contribution >= 0.6 is 0 Å². The fraction of sp³-hybridized carbons (Fsp3) is 0.462. The molecule has 0 saturated carbocycles. The van der Waals surface area contributed by atoms with E-state index in [9.17, 15) is 9.59 Å². The highest BCUT2D eigenvalue weighted by molar-refractivity contribution is 5.94. The molecule has 2 atom stereocenters. The quantitative estimate of drug-likeness (QED) is 0.629. The van der Waals surface area contributed by atoms with E-state index in [-0.39, 0.29) is 31.3 Å². The van der Waals surface area contributed by atoms with E-state index in [4.69, 9.17) is 14.2 Å². The zero-order valence-electron chi connectivity index (χ0n) is 19.5. The highest BCUT2D eigenvalue weighted by Crippen LogP contribution is 2.42. The maximum absolute atomic E-state index is 13.2. The average molecular weight is 466 g/mol. The molecule has 0 spiro atoms. The van der Waals surface area contributed by atoms with Gasteiger partial charge in [0.25, 0.3) is 12.4 Å². The second-order valence-electron chi connectivity index (χ2n) is 9.36. The Bertz CT molecular complexity index is 1030. The van der Waals surface area contributed by atoms with Gasteiger partial charge in [0.2, 0.25) is 6.79 Å². The molecule has 1 saturated heterocycles. The van der Waals surface area contributed by atoms with Crippen LogP contribution in [0.1, 0.15) is 39.5 Å². The number of hydrogen-bond acceptors (Lipinski definition) is 7. The van der Waals surface area contributed by atoms with Crippen LogP contribution in [-0.2, 0) is 22.5 Å². The lowest BCUT2D eigenvalue weighted by Crippen LogP contribution is -2.43. The largest absolute Gasteiger partial charge is 0.468 e. The summed E-state index contributed by atoms with van der Waals surface area (Å²) in [6.45, 7) is 6.10. The lowest BCUT2D eigenvalue weighted by molar-refractivity contribution is -0.130. The molecule has 1 N–H and O–H groups in total. The minimum Gasteiger partial charge on any atom is -0.468 e. The van der Waals surface area contributed by atoms with Gasteiger partial charge in [0, 0.05) is 44.2 Å². The van der Waals surface area contributed by atoms with Crippen molar-refractivity contribution in [3.8, 4) is 11.5 Å². The normalized spacial score (nSPS) is 22.1. The zero-order valence-corrected chi connectivity index (χ0v) is 19.5. The molecule has 180 valence electrons. The molecule has 3 aliphatic rings. The van der Waals surface area contributed by atoms with E-state index in [1.807, 2.05) is 36.4 Å². The molecule has 34 heavy (non-hydrogen) atoms. The van der Waals surface area contributed by atoms with Gasteiger partial charge < -0.3 is 24.4 Å². The van der Waals surface area contributed by atoms with Crippen molar-refractivity contribution in [1.82, 2.24) is 15.1 Å². The Morgan fingerprint density at radius 2 is 1.85 bits per heavy atom. The van der Waals surface area contributed by atoms with Gasteiger partial charge in [-0.15, -0.1) is 0 Å². The summed E-state index contributed by atoms with van der Waals surface area (Å²) in [5.41, 5.74) is 3.94. The molecular formula is C26H31N3O5. The van der Waals surface area contributed by atoms with Crippen LogP contribution in [0.5, 0.6) is 11.5 Å². The summed E-state index contributed by atoms with van der Waals surface area (Å²) < 4.78 is 16.2. The number of carbonyl (C=O) groups is 2. The van der Waals surface area contributed by atoms with Gasteiger partial charge in [0.05, 0.1) is 12.6 Å². The molecule has 0 aromatic heterocycles. The molecule has 1 aliphatic carbocycles. The Kier molecular flexibility index (Phi) is 6.69. The van der Waals surface area contributed by atoms with Gasteiger partial charge in [-0.3, -0.25) is 14.5 Å². The van der Waals surface area contributed by atoms with Crippen molar-refractivity contribution >= 4 is 12.4 Å². The Morgan fingerprint density at radius 1 is 1.12 bits per heavy atom. The summed E-state index contributed by atoms with van der Waals surface area (Å²) in [6, 6.07) is 11.5. The number of carbonyl (C=O) groups excluding carboxylic acids is 2. The van der Waals surface area contributed by atoms with Crippen molar-refractivity contribution in [1.29, 1.82) is 0 Å². The van der Waals surface area contributed by atoms with Crippen LogP contribution in [0, 0.1) is 5.92 Å². The average Bonchev–Trinajstić information content (AvgIpc) is 3.31. The predicted octanol–water partition coefficient (Wildman–Crippen LogP) is 2.37. The topological polar surface area (TPSA) is 80.3 Å². The summed E-state index contributed by atoms with van der Waals surface area (Å²) in [5, 5.41) is 3.20. The Morgan fingerprint density at radius 3 is 2.59 bits per heavy atom. The van der Waals surface area contributed by atoms with Crippen molar-refractivity contribution in [3.05, 3.63) is 58.7 Å². The number of rotatable bonds is 7. The first-order valence-electron chi connectivity index (χ1n) is 11.9. The van der Waals surface area contributed by atoms with Crippen LogP contribution in [0.2, 0.25) is 0 Å². The third-order valence-electron chi connectivity index (χ3n) is 7.11. The van der Waals surface area contributed by atoms with Gasteiger partial charge in [0.1, 0.15) is 0 Å². The molecule has 1 amide bonds. The summed E-state index contributed by atoms with van der Waals surface area (Å²) in [4.78, 5) is 28.8. The first kappa shape index (κ1) is 22.7. The van der Waals surface area contributed by atoms with Crippen LogP contribution in [0.3, 0.4) is 0 Å². The van der Waals surface area contributed by atoms with Crippen molar-refractivity contribution in [3.63, 3.8) is 0 Å². The van der Waals surface area contributed by atoms with Gasteiger partial charge in [-0.05, 0) is 60.8 Å². The highest BCUT2D eigenvalue weighted by Gasteiger charge is 2.33. The van der Waals surface area contributed by atoms with Crippen LogP contribution in [0.4, 0.5) is 0 Å². The fourth-order valence-corrected chi connectivity index (χ4v) is 5.06. The van der Waals surface area contributed by atoms with Crippen LogP contribution in [0.15, 0.2) is 36.4 Å². The van der Waals surface area contributed by atoms with Crippen molar-refractivity contribution in [2.24, 2.45) is 5.92 Å². The van der Waals surface area contributed by atoms with Crippen molar-refractivity contribution in [2.75, 3.05) is 46.6 Å². The molecule has 0 bridgehead atoms. The van der Waals surface area contributed by atoms with Gasteiger partial charge in [-0.25, -0.2) is 0 Å². The number of hydrogen-bond donors (Lipinski definition) is 1. The van der Waals surface area contributed by atoms with Gasteiger partial charge in [-0.2, -0.15) is 0 Å². The molecule has 1 fully saturated rings. The summed E-state index contributed by atoms with van der Waals surface area (Å²) in [6.07, 6.45) is 1.63. The number of aryl methyl sites for hydroxylation is 1. The molecule has 2 unspecified atom stereocenters. The minimum atomic E-state index is -0.282. The smallest absolute Gasteiger partial charge is 0.293 e. The molecular weight excluding hydrogens is 434 g/mol. The number of ether oxygens (including phenoxy) is 3. The van der Waals surface area contributed by atoms with Gasteiger partial charge >= 0.3 is 0 Å². The Hall–Kier alpha value is -3.10. The molecule has 8 nitrogen and oxygen atoms in total. The van der Waals surface area contributed by atoms with Crippen molar-refractivity contribution in [2.45, 2.75) is 25.4 Å². The van der Waals surface area contributed by atoms with Crippen molar-refractivity contribution < 1.29 is 23.8 Å². The van der Waals surface area contributed by atoms with E-state index in [0.29, 0.717) is 17.8 Å². The molecule has 2 heterocycles. The number of nitrogens with zero attached hydrogens (tertiary/aromatic N) is 2. The Labute approximate surface area is 199 Å². The van der Waals surface area contributed by atoms with E-state index in [0.717, 1.165) is 62.4 Å². The summed E-state index contributed by atoms with van der Waals surface area (Å²) in [7, 11) is 2.15. The third-order valence-corrected chi connectivity index (χ3v) is 7.11. The molecule has 8 heteroatoms. The van der Waals surface area contributed by atoms with Crippen LogP contribution in [-0.4, -0.2) is 68.8 Å². The first-order chi connectivity index (χ1) is 16.6. The lowest BCUT2D eigenvalue weighted by Gasteiger charge is -2.34. The molecule has 2 aromatic carbocycles. The second-order valence-corrected chi connectivity index (χ2v) is 9.36. The van der Waals surface area contributed by atoms with E-state index < -0.39 is 0 Å². The van der Waals surface area contributed by atoms with E-state index in [1.54, 1.807) is 0 Å². The monoisotopic (exact) mass is 465 g/mol. The predicted molar refractivity (Wildman–Crippen MR) is 126 cm³/mol. The zero-order chi connectivity index (χ0) is 23.5. The number of benzene rings is 2. The first-order valence-corrected chi connectivity index (χ1v) is 11.9. The number of fused-ring (bicyclic) bond motifs is 2.